The highest BCUT2D eigenvalue weighted by atomic mass is 32.2. The number of esters is 1. The quantitative estimate of drug-likeness (QED) is 0.463. The number of fused-ring (bicyclic) bond motifs is 1. The first-order valence-corrected chi connectivity index (χ1v) is 8.21. The van der Waals surface area contributed by atoms with Gasteiger partial charge in [0.05, 0.1) is 13.2 Å². The van der Waals surface area contributed by atoms with Crippen molar-refractivity contribution in [1.29, 1.82) is 0 Å². The van der Waals surface area contributed by atoms with Crippen LogP contribution in [0.15, 0.2) is 23.8 Å². The van der Waals surface area contributed by atoms with Gasteiger partial charge in [-0.1, -0.05) is 12.1 Å². The molecule has 0 atom stereocenters. The van der Waals surface area contributed by atoms with Crippen molar-refractivity contribution in [3.63, 3.8) is 0 Å². The molecule has 0 N–H and O–H groups in total. The van der Waals surface area contributed by atoms with Crippen molar-refractivity contribution in [2.45, 2.75) is 18.9 Å². The first-order valence-electron chi connectivity index (χ1n) is 6.80. The van der Waals surface area contributed by atoms with Crippen LogP contribution >= 0.6 is 0 Å². The Morgan fingerprint density at radius 1 is 1.33 bits per heavy atom. The van der Waals surface area contributed by atoms with Gasteiger partial charge in [0.2, 0.25) is 0 Å². The number of para-hydroxylation sites is 1. The van der Waals surface area contributed by atoms with Gasteiger partial charge in [-0.25, -0.2) is 4.79 Å². The summed E-state index contributed by atoms with van der Waals surface area (Å²) in [5.41, 5.74) is -5.09. The number of carbonyl (C=O) groups excluding carboxylic acids is 1. The van der Waals surface area contributed by atoms with Gasteiger partial charge in [0.15, 0.2) is 11.5 Å². The van der Waals surface area contributed by atoms with Crippen molar-refractivity contribution < 1.29 is 40.0 Å². The molecule has 2 rings (SSSR count). The second-order valence-electron chi connectivity index (χ2n) is 4.65. The van der Waals surface area contributed by atoms with Gasteiger partial charge in [-0.15, -0.1) is 0 Å². The van der Waals surface area contributed by atoms with Crippen LogP contribution in [-0.4, -0.2) is 33.1 Å². The van der Waals surface area contributed by atoms with Gasteiger partial charge < -0.3 is 13.7 Å². The monoisotopic (exact) mass is 366 g/mol. The summed E-state index contributed by atoms with van der Waals surface area (Å²) in [6.45, 7) is 1.74. The third-order valence-electron chi connectivity index (χ3n) is 2.98. The lowest BCUT2D eigenvalue weighted by Crippen LogP contribution is -2.28. The molecule has 0 unspecified atom stereocenters. The molecule has 1 aromatic carbocycles. The van der Waals surface area contributed by atoms with Gasteiger partial charge in [0.1, 0.15) is 0 Å². The van der Waals surface area contributed by atoms with Crippen LogP contribution in [0.1, 0.15) is 18.9 Å². The van der Waals surface area contributed by atoms with E-state index in [9.17, 15) is 26.4 Å². The van der Waals surface area contributed by atoms with Gasteiger partial charge >= 0.3 is 21.6 Å². The molecule has 1 aliphatic heterocycles. The summed E-state index contributed by atoms with van der Waals surface area (Å²) in [4.78, 5) is 11.8. The van der Waals surface area contributed by atoms with Crippen molar-refractivity contribution in [1.82, 2.24) is 0 Å². The highest BCUT2D eigenvalue weighted by Crippen LogP contribution is 2.38. The predicted molar refractivity (Wildman–Crippen MR) is 76.8 cm³/mol. The van der Waals surface area contributed by atoms with E-state index in [0.717, 1.165) is 6.07 Å². The number of benzene rings is 1. The number of hydrogen-bond donors (Lipinski definition) is 0. The van der Waals surface area contributed by atoms with Crippen LogP contribution < -0.4 is 8.92 Å². The summed E-state index contributed by atoms with van der Waals surface area (Å²) in [5, 5.41) is 0. The molecule has 0 spiro atoms. The fourth-order valence-corrected chi connectivity index (χ4v) is 2.40. The van der Waals surface area contributed by atoms with E-state index >= 15 is 0 Å². The topological polar surface area (TPSA) is 78.9 Å². The zero-order valence-electron chi connectivity index (χ0n) is 12.4. The van der Waals surface area contributed by atoms with Crippen LogP contribution in [0.25, 0.3) is 6.08 Å². The minimum atomic E-state index is -5.83. The molecule has 10 heteroatoms. The zero-order valence-corrected chi connectivity index (χ0v) is 13.2. The highest BCUT2D eigenvalue weighted by molar-refractivity contribution is 7.88. The average Bonchev–Trinajstić information content (AvgIpc) is 2.69. The minimum Gasteiger partial charge on any atom is -0.489 e. The van der Waals surface area contributed by atoms with Crippen molar-refractivity contribution in [2.75, 3.05) is 13.2 Å². The summed E-state index contributed by atoms with van der Waals surface area (Å²) in [5.74, 6) is -1.38. The normalized spacial score (nSPS) is 14.8. The Kier molecular flexibility index (Phi) is 5.07. The van der Waals surface area contributed by atoms with Crippen LogP contribution in [0.5, 0.6) is 11.5 Å². The summed E-state index contributed by atoms with van der Waals surface area (Å²) < 4.78 is 74.0. The molecule has 1 aromatic rings. The summed E-state index contributed by atoms with van der Waals surface area (Å²) in [6.07, 6.45) is 1.52. The molecule has 0 radical (unpaired) electrons. The molecule has 1 heterocycles. The fourth-order valence-electron chi connectivity index (χ4n) is 1.94. The van der Waals surface area contributed by atoms with Crippen LogP contribution in [0.2, 0.25) is 0 Å². The molecule has 1 aliphatic rings. The SMILES string of the molecule is CCOC(=O)C1=Cc2cccc(OS(=O)(=O)C(F)(F)F)c2OCC1. The first-order chi connectivity index (χ1) is 11.2. The molecule has 0 bridgehead atoms. The first kappa shape index (κ1) is 18.1. The van der Waals surface area contributed by atoms with Gasteiger partial charge in [0, 0.05) is 17.6 Å². The lowest BCUT2D eigenvalue weighted by Gasteiger charge is -2.14. The van der Waals surface area contributed by atoms with Crippen LogP contribution in [0, 0.1) is 0 Å². The van der Waals surface area contributed by atoms with Crippen molar-refractivity contribution >= 4 is 22.2 Å². The number of alkyl halides is 3. The number of carbonyl (C=O) groups is 1. The third-order valence-corrected chi connectivity index (χ3v) is 3.94. The minimum absolute atomic E-state index is 0.0515. The van der Waals surface area contributed by atoms with Crippen molar-refractivity contribution in [3.8, 4) is 11.5 Å². The number of rotatable bonds is 4. The number of halogens is 3. The standard InChI is InChI=1S/C14H13F3O6S/c1-2-21-13(18)10-6-7-22-12-9(8-10)4-3-5-11(12)23-24(19,20)14(15,16)17/h3-5,8H,2,6-7H2,1H3. The van der Waals surface area contributed by atoms with Crippen LogP contribution in [0.3, 0.4) is 0 Å². The van der Waals surface area contributed by atoms with E-state index in [4.69, 9.17) is 9.47 Å². The molecule has 0 saturated heterocycles. The molecular formula is C14H13F3O6S. The molecule has 6 nitrogen and oxygen atoms in total. The third kappa shape index (κ3) is 3.81. The summed E-state index contributed by atoms with van der Waals surface area (Å²) >= 11 is 0. The molecule has 0 aromatic heterocycles. The molecule has 24 heavy (non-hydrogen) atoms. The Labute approximate surface area is 135 Å². The number of ether oxygens (including phenoxy) is 2. The number of hydrogen-bond acceptors (Lipinski definition) is 6. The molecular weight excluding hydrogens is 353 g/mol. The van der Waals surface area contributed by atoms with E-state index in [-0.39, 0.29) is 36.5 Å². The largest absolute Gasteiger partial charge is 0.534 e. The Morgan fingerprint density at radius 2 is 2.04 bits per heavy atom. The van der Waals surface area contributed by atoms with E-state index in [0.29, 0.717) is 0 Å². The van der Waals surface area contributed by atoms with Gasteiger partial charge in [-0.05, 0) is 19.1 Å². The Hall–Kier alpha value is -2.23. The molecule has 0 fully saturated rings. The molecule has 0 amide bonds. The zero-order chi connectivity index (χ0) is 18.0. The summed E-state index contributed by atoms with van der Waals surface area (Å²) in [7, 11) is -5.83. The Morgan fingerprint density at radius 3 is 2.67 bits per heavy atom. The maximum atomic E-state index is 12.5. The average molecular weight is 366 g/mol. The van der Waals surface area contributed by atoms with Crippen molar-refractivity contribution in [3.05, 3.63) is 29.3 Å². The van der Waals surface area contributed by atoms with E-state index in [2.05, 4.69) is 4.18 Å². The van der Waals surface area contributed by atoms with Crippen LogP contribution in [-0.2, 0) is 19.6 Å². The highest BCUT2D eigenvalue weighted by Gasteiger charge is 2.49. The van der Waals surface area contributed by atoms with Crippen LogP contribution in [0.4, 0.5) is 13.2 Å². The molecule has 0 aliphatic carbocycles. The maximum Gasteiger partial charge on any atom is 0.534 e. The lowest BCUT2D eigenvalue weighted by molar-refractivity contribution is -0.138. The van der Waals surface area contributed by atoms with Gasteiger partial charge in [-0.2, -0.15) is 21.6 Å². The predicted octanol–water partition coefficient (Wildman–Crippen LogP) is 2.64. The van der Waals surface area contributed by atoms with Crippen molar-refractivity contribution in [2.24, 2.45) is 0 Å². The van der Waals surface area contributed by atoms with E-state index in [1.165, 1.54) is 18.2 Å². The second kappa shape index (κ2) is 6.71. The fraction of sp³-hybridized carbons (Fsp3) is 0.357. The lowest BCUT2D eigenvalue weighted by atomic mass is 10.1. The summed E-state index contributed by atoms with van der Waals surface area (Å²) in [6, 6.07) is 3.77. The van der Waals surface area contributed by atoms with Gasteiger partial charge in [-0.3, -0.25) is 0 Å². The van der Waals surface area contributed by atoms with Gasteiger partial charge in [0.25, 0.3) is 0 Å². The smallest absolute Gasteiger partial charge is 0.489 e. The molecule has 0 saturated carbocycles. The van der Waals surface area contributed by atoms with E-state index < -0.39 is 27.3 Å². The maximum absolute atomic E-state index is 12.5. The van der Waals surface area contributed by atoms with E-state index in [1.54, 1.807) is 6.92 Å². The second-order valence-corrected chi connectivity index (χ2v) is 6.18. The van der Waals surface area contributed by atoms with E-state index in [1.807, 2.05) is 0 Å². The Bertz CT molecular complexity index is 767. The molecule has 132 valence electrons. The Balaban J connectivity index is 2.41.